The topological polar surface area (TPSA) is 51.4 Å². The highest BCUT2D eigenvalue weighted by atomic mass is 35.5. The molecule has 1 saturated heterocycles. The number of rotatable bonds is 2. The predicted molar refractivity (Wildman–Crippen MR) is 65.9 cm³/mol. The fourth-order valence-electron chi connectivity index (χ4n) is 1.89. The lowest BCUT2D eigenvalue weighted by atomic mass is 10.1. The van der Waals surface area contributed by atoms with Gasteiger partial charge in [0.05, 0.1) is 30.0 Å². The van der Waals surface area contributed by atoms with Crippen molar-refractivity contribution in [2.75, 3.05) is 30.4 Å². The lowest BCUT2D eigenvalue weighted by molar-refractivity contribution is 0.0926. The molecular formula is C11H16ClN3O. The Balaban J connectivity index is 2.23. The van der Waals surface area contributed by atoms with Crippen molar-refractivity contribution in [3.8, 4) is 0 Å². The van der Waals surface area contributed by atoms with Crippen molar-refractivity contribution in [2.45, 2.75) is 19.4 Å². The fraction of sp³-hybridized carbons (Fsp3) is 0.545. The monoisotopic (exact) mass is 241 g/mol. The molecule has 0 spiro atoms. The van der Waals surface area contributed by atoms with Gasteiger partial charge in [-0.1, -0.05) is 18.5 Å². The maximum Gasteiger partial charge on any atom is 0.131 e. The minimum absolute atomic E-state index is 0.377. The summed E-state index contributed by atoms with van der Waals surface area (Å²) in [5, 5.41) is 0.505. The van der Waals surface area contributed by atoms with E-state index in [-0.39, 0.29) is 0 Å². The summed E-state index contributed by atoms with van der Waals surface area (Å²) in [6, 6.07) is 2.21. The summed E-state index contributed by atoms with van der Waals surface area (Å²) in [5.74, 6) is 0.886. The molecule has 0 aliphatic carbocycles. The van der Waals surface area contributed by atoms with E-state index in [1.807, 2.05) is 6.07 Å². The summed E-state index contributed by atoms with van der Waals surface area (Å²) in [5.41, 5.74) is 6.36. The van der Waals surface area contributed by atoms with Gasteiger partial charge in [0.1, 0.15) is 5.82 Å². The van der Waals surface area contributed by atoms with Crippen molar-refractivity contribution >= 4 is 23.1 Å². The highest BCUT2D eigenvalue weighted by molar-refractivity contribution is 6.32. The number of nitrogens with two attached hydrogens (primary N) is 1. The number of hydrogen-bond acceptors (Lipinski definition) is 4. The van der Waals surface area contributed by atoms with E-state index in [1.165, 1.54) is 0 Å². The van der Waals surface area contributed by atoms with E-state index >= 15 is 0 Å². The van der Waals surface area contributed by atoms with Crippen molar-refractivity contribution in [1.82, 2.24) is 4.98 Å². The van der Waals surface area contributed by atoms with Crippen LogP contribution in [0.1, 0.15) is 13.3 Å². The molecule has 0 aromatic carbocycles. The molecule has 16 heavy (non-hydrogen) atoms. The summed E-state index contributed by atoms with van der Waals surface area (Å²) >= 11 is 5.86. The largest absolute Gasteiger partial charge is 0.397 e. The normalized spacial score (nSPS) is 21.1. The molecule has 2 N–H and O–H groups in total. The zero-order chi connectivity index (χ0) is 11.5. The molecule has 0 radical (unpaired) electrons. The first-order valence-corrected chi connectivity index (χ1v) is 5.85. The van der Waals surface area contributed by atoms with Crippen LogP contribution in [0, 0.1) is 0 Å². The number of nitrogen functional groups attached to an aromatic ring is 1. The summed E-state index contributed by atoms with van der Waals surface area (Å²) < 4.78 is 5.45. The molecule has 1 aromatic heterocycles. The van der Waals surface area contributed by atoms with E-state index in [4.69, 9.17) is 22.1 Å². The standard InChI is InChI=1S/C11H16ClN3O/c1-2-8-7-16-4-3-15(8)11-5-10(13)9(12)6-14-11/h5-6,8H,2-4,7H2,1H3,(H2,13,14)/t8-/m1/s1. The maximum absolute atomic E-state index is 5.86. The van der Waals surface area contributed by atoms with Gasteiger partial charge in [0.25, 0.3) is 0 Å². The van der Waals surface area contributed by atoms with Crippen molar-refractivity contribution in [2.24, 2.45) is 0 Å². The molecule has 0 unspecified atom stereocenters. The molecule has 2 rings (SSSR count). The number of aromatic nitrogens is 1. The van der Waals surface area contributed by atoms with E-state index in [0.29, 0.717) is 16.8 Å². The predicted octanol–water partition coefficient (Wildman–Crippen LogP) is 1.93. The zero-order valence-corrected chi connectivity index (χ0v) is 10.1. The fourth-order valence-corrected chi connectivity index (χ4v) is 2.00. The van der Waals surface area contributed by atoms with Crippen molar-refractivity contribution in [1.29, 1.82) is 0 Å². The molecule has 4 nitrogen and oxygen atoms in total. The van der Waals surface area contributed by atoms with Crippen LogP contribution in [0.3, 0.4) is 0 Å². The number of ether oxygens (including phenoxy) is 1. The molecule has 2 heterocycles. The van der Waals surface area contributed by atoms with Crippen LogP contribution in [-0.2, 0) is 4.74 Å². The summed E-state index contributed by atoms with van der Waals surface area (Å²) in [4.78, 5) is 6.55. The van der Waals surface area contributed by atoms with Crippen LogP contribution in [0.25, 0.3) is 0 Å². The maximum atomic E-state index is 5.86. The second-order valence-electron chi connectivity index (χ2n) is 3.89. The zero-order valence-electron chi connectivity index (χ0n) is 9.32. The van der Waals surface area contributed by atoms with Crippen molar-refractivity contribution in [3.05, 3.63) is 17.3 Å². The number of morpholine rings is 1. The number of hydrogen-bond donors (Lipinski definition) is 1. The third-order valence-corrected chi connectivity index (χ3v) is 3.18. The number of anilines is 2. The summed E-state index contributed by atoms with van der Waals surface area (Å²) in [6.45, 7) is 4.49. The Labute approximate surface area is 100 Å². The van der Waals surface area contributed by atoms with E-state index in [0.717, 1.165) is 32.0 Å². The van der Waals surface area contributed by atoms with Crippen LogP contribution >= 0.6 is 11.6 Å². The molecule has 1 aliphatic rings. The lowest BCUT2D eigenvalue weighted by Gasteiger charge is -2.36. The SMILES string of the molecule is CC[C@@H]1COCCN1c1cc(N)c(Cl)cn1. The number of nitrogens with zero attached hydrogens (tertiary/aromatic N) is 2. The molecule has 1 fully saturated rings. The van der Waals surface area contributed by atoms with Gasteiger partial charge in [-0.3, -0.25) is 0 Å². The van der Waals surface area contributed by atoms with E-state index in [1.54, 1.807) is 6.20 Å². The van der Waals surface area contributed by atoms with Crippen LogP contribution < -0.4 is 10.6 Å². The van der Waals surface area contributed by atoms with Crippen molar-refractivity contribution in [3.63, 3.8) is 0 Å². The second kappa shape index (κ2) is 4.89. The molecule has 1 aliphatic heterocycles. The first-order valence-electron chi connectivity index (χ1n) is 5.47. The third kappa shape index (κ3) is 2.23. The average molecular weight is 242 g/mol. The minimum atomic E-state index is 0.377. The first-order chi connectivity index (χ1) is 7.72. The number of pyridine rings is 1. The Kier molecular flexibility index (Phi) is 3.51. The van der Waals surface area contributed by atoms with Gasteiger partial charge in [0, 0.05) is 18.8 Å². The van der Waals surface area contributed by atoms with Gasteiger partial charge in [-0.25, -0.2) is 4.98 Å². The summed E-state index contributed by atoms with van der Waals surface area (Å²) in [6.07, 6.45) is 2.64. The van der Waals surface area contributed by atoms with Crippen molar-refractivity contribution < 1.29 is 4.74 Å². The smallest absolute Gasteiger partial charge is 0.131 e. The van der Waals surface area contributed by atoms with Gasteiger partial charge in [-0.05, 0) is 6.42 Å². The highest BCUT2D eigenvalue weighted by Crippen LogP contribution is 2.25. The molecule has 88 valence electrons. The molecule has 0 bridgehead atoms. The highest BCUT2D eigenvalue weighted by Gasteiger charge is 2.22. The molecule has 0 saturated carbocycles. The molecule has 1 aromatic rings. The molecule has 1 atom stereocenters. The minimum Gasteiger partial charge on any atom is -0.397 e. The molecule has 0 amide bonds. The Morgan fingerprint density at radius 1 is 1.69 bits per heavy atom. The van der Waals surface area contributed by atoms with Crippen LogP contribution in [0.5, 0.6) is 0 Å². The van der Waals surface area contributed by atoms with Gasteiger partial charge in [0.15, 0.2) is 0 Å². The Bertz CT molecular complexity index is 372. The second-order valence-corrected chi connectivity index (χ2v) is 4.30. The number of halogens is 1. The van der Waals surface area contributed by atoms with Crippen LogP contribution in [0.4, 0.5) is 11.5 Å². The Morgan fingerprint density at radius 2 is 2.50 bits per heavy atom. The van der Waals surface area contributed by atoms with Crippen LogP contribution in [-0.4, -0.2) is 30.8 Å². The third-order valence-electron chi connectivity index (χ3n) is 2.86. The van der Waals surface area contributed by atoms with E-state index in [9.17, 15) is 0 Å². The van der Waals surface area contributed by atoms with Gasteiger partial charge in [-0.15, -0.1) is 0 Å². The van der Waals surface area contributed by atoms with Gasteiger partial charge < -0.3 is 15.4 Å². The van der Waals surface area contributed by atoms with E-state index < -0.39 is 0 Å². The summed E-state index contributed by atoms with van der Waals surface area (Å²) in [7, 11) is 0. The van der Waals surface area contributed by atoms with Crippen LogP contribution in [0.2, 0.25) is 5.02 Å². The Hall–Kier alpha value is -1.00. The average Bonchev–Trinajstić information content (AvgIpc) is 2.32. The molecule has 5 heteroatoms. The van der Waals surface area contributed by atoms with Crippen LogP contribution in [0.15, 0.2) is 12.3 Å². The van der Waals surface area contributed by atoms with E-state index in [2.05, 4.69) is 16.8 Å². The Morgan fingerprint density at radius 3 is 3.19 bits per heavy atom. The van der Waals surface area contributed by atoms with Gasteiger partial charge in [-0.2, -0.15) is 0 Å². The quantitative estimate of drug-likeness (QED) is 0.860. The molecular weight excluding hydrogens is 226 g/mol. The first kappa shape index (κ1) is 11.5. The van der Waals surface area contributed by atoms with Gasteiger partial charge in [0.2, 0.25) is 0 Å². The van der Waals surface area contributed by atoms with Gasteiger partial charge >= 0.3 is 0 Å². The lowest BCUT2D eigenvalue weighted by Crippen LogP contribution is -2.45.